The second-order valence-electron chi connectivity index (χ2n) is 8.39. The summed E-state index contributed by atoms with van der Waals surface area (Å²) >= 11 is 0. The van der Waals surface area contributed by atoms with Crippen molar-refractivity contribution in [2.45, 2.75) is 50.9 Å². The van der Waals surface area contributed by atoms with E-state index in [-0.39, 0.29) is 5.66 Å². The molecule has 2 aliphatic carbocycles. The molecular weight excluding hydrogens is 334 g/mol. The van der Waals surface area contributed by atoms with Crippen molar-refractivity contribution in [1.82, 2.24) is 24.3 Å². The number of hydrogen-bond acceptors (Lipinski definition) is 4. The fourth-order valence-electron chi connectivity index (χ4n) is 5.19. The average molecular weight is 364 g/mol. The lowest BCUT2D eigenvalue weighted by atomic mass is 9.91. The third-order valence-corrected chi connectivity index (χ3v) is 6.88. The van der Waals surface area contributed by atoms with Gasteiger partial charge < -0.3 is 4.57 Å². The third kappa shape index (κ3) is 2.59. The van der Waals surface area contributed by atoms with E-state index in [2.05, 4.69) is 65.9 Å². The highest BCUT2D eigenvalue weighted by Crippen LogP contribution is 2.56. The standard InChI is InChI=1S/C22H29N5/c1-4-26(3)22-13-17(22)10-11-20-24-18(15-27(20)22)14-25(2)19-9-5-7-16-8-6-12-23-21(16)19/h6,8,10-12,15,17,19H,4-5,7,9,13-14H2,1-3H3/t17?,19-,22?/m0/s1. The first kappa shape index (κ1) is 17.1. The maximum Gasteiger partial charge on any atom is 0.134 e. The van der Waals surface area contributed by atoms with Crippen LogP contribution in [0.1, 0.15) is 55.0 Å². The summed E-state index contributed by atoms with van der Waals surface area (Å²) in [7, 11) is 4.45. The lowest BCUT2D eigenvalue weighted by Crippen LogP contribution is -2.39. The smallest absolute Gasteiger partial charge is 0.134 e. The van der Waals surface area contributed by atoms with Gasteiger partial charge in [-0.25, -0.2) is 4.98 Å². The lowest BCUT2D eigenvalue weighted by Gasteiger charge is -2.32. The Hall–Kier alpha value is -1.98. The minimum atomic E-state index is 0.127. The van der Waals surface area contributed by atoms with Crippen LogP contribution in [0.25, 0.3) is 6.08 Å². The van der Waals surface area contributed by atoms with Gasteiger partial charge in [0.2, 0.25) is 0 Å². The molecule has 1 saturated carbocycles. The molecule has 0 aromatic carbocycles. The zero-order chi connectivity index (χ0) is 18.6. The van der Waals surface area contributed by atoms with Crippen molar-refractivity contribution in [3.05, 3.63) is 53.4 Å². The van der Waals surface area contributed by atoms with Gasteiger partial charge in [-0.3, -0.25) is 14.8 Å². The highest BCUT2D eigenvalue weighted by atomic mass is 15.4. The molecular formula is C22H29N5. The van der Waals surface area contributed by atoms with Crippen molar-refractivity contribution in [2.75, 3.05) is 20.6 Å². The maximum atomic E-state index is 4.97. The number of rotatable bonds is 5. The molecule has 2 aromatic rings. The van der Waals surface area contributed by atoms with E-state index >= 15 is 0 Å². The first-order valence-corrected chi connectivity index (χ1v) is 10.3. The summed E-state index contributed by atoms with van der Waals surface area (Å²) in [5.74, 6) is 1.73. The van der Waals surface area contributed by atoms with Gasteiger partial charge in [0.25, 0.3) is 0 Å². The van der Waals surface area contributed by atoms with Crippen LogP contribution in [0.4, 0.5) is 0 Å². The van der Waals surface area contributed by atoms with Crippen molar-refractivity contribution in [3.63, 3.8) is 0 Å². The zero-order valence-electron chi connectivity index (χ0n) is 16.6. The molecule has 1 aliphatic heterocycles. The van der Waals surface area contributed by atoms with Crippen LogP contribution in [0.5, 0.6) is 0 Å². The van der Waals surface area contributed by atoms with Gasteiger partial charge in [-0.2, -0.15) is 0 Å². The van der Waals surface area contributed by atoms with Crippen molar-refractivity contribution in [3.8, 4) is 0 Å². The molecule has 5 heteroatoms. The van der Waals surface area contributed by atoms with Gasteiger partial charge in [0.1, 0.15) is 11.5 Å². The second kappa shape index (κ2) is 6.28. The molecule has 2 unspecified atom stereocenters. The Balaban J connectivity index is 1.40. The van der Waals surface area contributed by atoms with Crippen molar-refractivity contribution < 1.29 is 0 Å². The van der Waals surface area contributed by atoms with Crippen molar-refractivity contribution in [1.29, 1.82) is 0 Å². The third-order valence-electron chi connectivity index (χ3n) is 6.88. The van der Waals surface area contributed by atoms with E-state index in [1.807, 2.05) is 6.20 Å². The topological polar surface area (TPSA) is 37.2 Å². The van der Waals surface area contributed by atoms with Gasteiger partial charge in [0, 0.05) is 24.9 Å². The Morgan fingerprint density at radius 2 is 2.22 bits per heavy atom. The van der Waals surface area contributed by atoms with Crippen molar-refractivity contribution >= 4 is 6.08 Å². The molecule has 142 valence electrons. The van der Waals surface area contributed by atoms with Gasteiger partial charge in [-0.1, -0.05) is 19.1 Å². The van der Waals surface area contributed by atoms with Crippen LogP contribution in [0, 0.1) is 5.92 Å². The summed E-state index contributed by atoms with van der Waals surface area (Å²) in [5, 5.41) is 0. The predicted octanol–water partition coefficient (Wildman–Crippen LogP) is 3.44. The fraction of sp³-hybridized carbons (Fsp3) is 0.545. The van der Waals surface area contributed by atoms with Crippen LogP contribution in [0.2, 0.25) is 0 Å². The Morgan fingerprint density at radius 3 is 3.07 bits per heavy atom. The molecule has 0 N–H and O–H groups in total. The molecule has 3 heterocycles. The van der Waals surface area contributed by atoms with Crippen LogP contribution >= 0.6 is 0 Å². The SMILES string of the molecule is CCN(C)C12CC1C=Cc1nc(CN(C)[C@H]3CCCc4cccnc43)cn12. The van der Waals surface area contributed by atoms with E-state index in [0.29, 0.717) is 12.0 Å². The molecule has 0 bridgehead atoms. The fourth-order valence-corrected chi connectivity index (χ4v) is 5.19. The average Bonchev–Trinajstić information content (AvgIpc) is 3.32. The summed E-state index contributed by atoms with van der Waals surface area (Å²) in [6.45, 7) is 4.16. The number of pyridine rings is 1. The zero-order valence-corrected chi connectivity index (χ0v) is 16.6. The Morgan fingerprint density at radius 1 is 1.33 bits per heavy atom. The Kier molecular flexibility index (Phi) is 3.99. The number of imidazole rings is 1. The number of aromatic nitrogens is 3. The summed E-state index contributed by atoms with van der Waals surface area (Å²) in [4.78, 5) is 14.6. The molecule has 1 fully saturated rings. The van der Waals surface area contributed by atoms with E-state index in [0.717, 1.165) is 31.0 Å². The molecule has 0 saturated heterocycles. The van der Waals surface area contributed by atoms with Gasteiger partial charge >= 0.3 is 0 Å². The van der Waals surface area contributed by atoms with E-state index in [9.17, 15) is 0 Å². The van der Waals surface area contributed by atoms with E-state index in [1.54, 1.807) is 0 Å². The van der Waals surface area contributed by atoms with E-state index in [1.165, 1.54) is 30.5 Å². The quantitative estimate of drug-likeness (QED) is 0.815. The first-order chi connectivity index (χ1) is 13.1. The minimum absolute atomic E-state index is 0.127. The highest BCUT2D eigenvalue weighted by Gasteiger charge is 2.59. The van der Waals surface area contributed by atoms with Crippen molar-refractivity contribution in [2.24, 2.45) is 5.92 Å². The lowest BCUT2D eigenvalue weighted by molar-refractivity contribution is 0.143. The molecule has 3 atom stereocenters. The number of nitrogens with zero attached hydrogens (tertiary/aromatic N) is 5. The summed E-state index contributed by atoms with van der Waals surface area (Å²) in [5.41, 5.74) is 3.97. The minimum Gasteiger partial charge on any atom is -0.312 e. The number of hydrogen-bond donors (Lipinski definition) is 0. The monoisotopic (exact) mass is 363 g/mol. The number of aryl methyl sites for hydroxylation is 1. The van der Waals surface area contributed by atoms with Crippen LogP contribution in [-0.2, 0) is 18.6 Å². The maximum absolute atomic E-state index is 4.97. The number of fused-ring (bicyclic) bond motifs is 4. The molecule has 0 radical (unpaired) electrons. The molecule has 2 aromatic heterocycles. The van der Waals surface area contributed by atoms with Gasteiger partial charge in [0.05, 0.1) is 17.4 Å². The molecule has 3 aliphatic rings. The van der Waals surface area contributed by atoms with E-state index < -0.39 is 0 Å². The van der Waals surface area contributed by atoms with E-state index in [4.69, 9.17) is 9.97 Å². The summed E-state index contributed by atoms with van der Waals surface area (Å²) < 4.78 is 2.43. The summed E-state index contributed by atoms with van der Waals surface area (Å²) in [6, 6.07) is 4.69. The normalized spacial score (nSPS) is 28.2. The van der Waals surface area contributed by atoms with Gasteiger partial charge in [-0.05, 0) is 64.0 Å². The molecule has 0 spiro atoms. The molecule has 5 rings (SSSR count). The predicted molar refractivity (Wildman–Crippen MR) is 107 cm³/mol. The van der Waals surface area contributed by atoms with Crippen LogP contribution in [0.15, 0.2) is 30.6 Å². The Labute approximate surface area is 161 Å². The van der Waals surface area contributed by atoms with Crippen LogP contribution in [0.3, 0.4) is 0 Å². The molecule has 27 heavy (non-hydrogen) atoms. The van der Waals surface area contributed by atoms with Crippen LogP contribution in [-0.4, -0.2) is 45.0 Å². The second-order valence-corrected chi connectivity index (χ2v) is 8.39. The highest BCUT2D eigenvalue weighted by molar-refractivity contribution is 5.49. The largest absolute Gasteiger partial charge is 0.312 e. The van der Waals surface area contributed by atoms with Crippen LogP contribution < -0.4 is 0 Å². The molecule has 0 amide bonds. The first-order valence-electron chi connectivity index (χ1n) is 10.3. The Bertz CT molecular complexity index is 885. The summed E-state index contributed by atoms with van der Waals surface area (Å²) in [6.07, 6.45) is 13.6. The van der Waals surface area contributed by atoms with Gasteiger partial charge in [0.15, 0.2) is 0 Å². The molecule has 5 nitrogen and oxygen atoms in total. The van der Waals surface area contributed by atoms with Gasteiger partial charge in [-0.15, -0.1) is 0 Å².